The van der Waals surface area contributed by atoms with Gasteiger partial charge in [0.25, 0.3) is 0 Å². The number of anilines is 2. The monoisotopic (exact) mass is 276 g/mol. The van der Waals surface area contributed by atoms with E-state index in [1.807, 2.05) is 0 Å². The highest BCUT2D eigenvalue weighted by Crippen LogP contribution is 2.10. The predicted octanol–water partition coefficient (Wildman–Crippen LogP) is -0.492. The summed E-state index contributed by atoms with van der Waals surface area (Å²) in [6.07, 6.45) is 0. The van der Waals surface area contributed by atoms with E-state index >= 15 is 0 Å². The average Bonchev–Trinajstić information content (AvgIpc) is 2.39. The summed E-state index contributed by atoms with van der Waals surface area (Å²) in [6.45, 7) is -0.193. The van der Waals surface area contributed by atoms with Crippen LogP contribution in [0.3, 0.4) is 0 Å². The molecule has 20 heavy (non-hydrogen) atoms. The molecular formula is C13H16N4O3. The van der Waals surface area contributed by atoms with Gasteiger partial charge >= 0.3 is 0 Å². The minimum atomic E-state index is -0.347. The summed E-state index contributed by atoms with van der Waals surface area (Å²) in [5, 5.41) is 2.65. The van der Waals surface area contributed by atoms with Gasteiger partial charge in [0.2, 0.25) is 17.7 Å². The lowest BCUT2D eigenvalue weighted by Crippen LogP contribution is -2.54. The molecule has 1 aliphatic rings. The van der Waals surface area contributed by atoms with Crippen molar-refractivity contribution in [2.24, 2.45) is 0 Å². The van der Waals surface area contributed by atoms with E-state index < -0.39 is 0 Å². The maximum Gasteiger partial charge on any atom is 0.244 e. The van der Waals surface area contributed by atoms with Crippen LogP contribution in [0.2, 0.25) is 0 Å². The second kappa shape index (κ2) is 5.60. The highest BCUT2D eigenvalue weighted by atomic mass is 16.2. The van der Waals surface area contributed by atoms with Crippen molar-refractivity contribution in [3.05, 3.63) is 24.3 Å². The number of nitrogen functional groups attached to an aromatic ring is 1. The lowest BCUT2D eigenvalue weighted by molar-refractivity contribution is -0.149. The van der Waals surface area contributed by atoms with Gasteiger partial charge in [-0.25, -0.2) is 0 Å². The molecule has 2 rings (SSSR count). The molecular weight excluding hydrogens is 260 g/mol. The van der Waals surface area contributed by atoms with E-state index in [4.69, 9.17) is 5.73 Å². The first kappa shape index (κ1) is 13.9. The lowest BCUT2D eigenvalue weighted by atomic mass is 10.2. The van der Waals surface area contributed by atoms with Crippen LogP contribution in [0.1, 0.15) is 0 Å². The quantitative estimate of drug-likeness (QED) is 0.728. The Morgan fingerprint density at radius 1 is 1.20 bits per heavy atom. The van der Waals surface area contributed by atoms with Crippen LogP contribution in [0.5, 0.6) is 0 Å². The van der Waals surface area contributed by atoms with Crippen LogP contribution in [-0.4, -0.2) is 54.2 Å². The summed E-state index contributed by atoms with van der Waals surface area (Å²) >= 11 is 0. The second-order valence-corrected chi connectivity index (χ2v) is 4.67. The van der Waals surface area contributed by atoms with Crippen LogP contribution < -0.4 is 11.1 Å². The van der Waals surface area contributed by atoms with Crippen molar-refractivity contribution in [1.29, 1.82) is 0 Å². The maximum absolute atomic E-state index is 11.8. The summed E-state index contributed by atoms with van der Waals surface area (Å²) in [4.78, 5) is 37.7. The Labute approximate surface area is 116 Å². The predicted molar refractivity (Wildman–Crippen MR) is 73.7 cm³/mol. The van der Waals surface area contributed by atoms with Gasteiger partial charge in [0.15, 0.2) is 0 Å². The van der Waals surface area contributed by atoms with Crippen molar-refractivity contribution < 1.29 is 14.4 Å². The zero-order valence-corrected chi connectivity index (χ0v) is 11.1. The minimum absolute atomic E-state index is 0.00792. The molecule has 7 nitrogen and oxygen atoms in total. The summed E-state index contributed by atoms with van der Waals surface area (Å²) in [7, 11) is 1.56. The number of rotatable bonds is 3. The molecule has 3 amide bonds. The number of nitrogens with zero attached hydrogens (tertiary/aromatic N) is 2. The van der Waals surface area contributed by atoms with E-state index in [9.17, 15) is 14.4 Å². The standard InChI is InChI=1S/C13H16N4O3/c1-16-7-13(20)17(8-12(16)19)6-11(18)15-10-4-2-9(14)3-5-10/h2-5H,6-8,14H2,1H3,(H,15,18). The van der Waals surface area contributed by atoms with Crippen molar-refractivity contribution in [2.45, 2.75) is 0 Å². The lowest BCUT2D eigenvalue weighted by Gasteiger charge is -2.31. The molecule has 0 spiro atoms. The second-order valence-electron chi connectivity index (χ2n) is 4.67. The highest BCUT2D eigenvalue weighted by molar-refractivity contribution is 5.98. The molecule has 0 bridgehead atoms. The fraction of sp³-hybridized carbons (Fsp3) is 0.308. The molecule has 0 aliphatic carbocycles. The summed E-state index contributed by atoms with van der Waals surface area (Å²) in [5.41, 5.74) is 6.74. The Balaban J connectivity index is 1.92. The van der Waals surface area contributed by atoms with Crippen molar-refractivity contribution in [2.75, 3.05) is 37.7 Å². The molecule has 106 valence electrons. The van der Waals surface area contributed by atoms with Gasteiger partial charge in [-0.2, -0.15) is 0 Å². The molecule has 1 aromatic carbocycles. The van der Waals surface area contributed by atoms with Crippen LogP contribution in [0, 0.1) is 0 Å². The van der Waals surface area contributed by atoms with Crippen LogP contribution >= 0.6 is 0 Å². The third-order valence-corrected chi connectivity index (χ3v) is 3.01. The third-order valence-electron chi connectivity index (χ3n) is 3.01. The molecule has 1 heterocycles. The molecule has 0 radical (unpaired) electrons. The number of hydrogen-bond donors (Lipinski definition) is 2. The van der Waals surface area contributed by atoms with E-state index in [1.54, 1.807) is 31.3 Å². The third kappa shape index (κ3) is 3.25. The molecule has 0 aromatic heterocycles. The van der Waals surface area contributed by atoms with Gasteiger partial charge in [0, 0.05) is 18.4 Å². The van der Waals surface area contributed by atoms with Gasteiger partial charge in [0.1, 0.15) is 13.1 Å². The molecule has 0 saturated carbocycles. The first-order valence-corrected chi connectivity index (χ1v) is 6.13. The van der Waals surface area contributed by atoms with Crippen molar-refractivity contribution in [3.8, 4) is 0 Å². The topological polar surface area (TPSA) is 95.7 Å². The van der Waals surface area contributed by atoms with E-state index in [2.05, 4.69) is 5.32 Å². The first-order chi connectivity index (χ1) is 9.45. The smallest absolute Gasteiger partial charge is 0.244 e. The minimum Gasteiger partial charge on any atom is -0.399 e. The highest BCUT2D eigenvalue weighted by Gasteiger charge is 2.28. The number of nitrogens with two attached hydrogens (primary N) is 1. The van der Waals surface area contributed by atoms with Crippen molar-refractivity contribution in [3.63, 3.8) is 0 Å². The zero-order valence-electron chi connectivity index (χ0n) is 11.1. The van der Waals surface area contributed by atoms with E-state index in [-0.39, 0.29) is 37.4 Å². The Bertz CT molecular complexity index is 541. The van der Waals surface area contributed by atoms with Crippen LogP contribution in [0.15, 0.2) is 24.3 Å². The fourth-order valence-corrected chi connectivity index (χ4v) is 1.85. The molecule has 1 fully saturated rings. The average molecular weight is 276 g/mol. The molecule has 0 atom stereocenters. The van der Waals surface area contributed by atoms with Gasteiger partial charge in [-0.1, -0.05) is 0 Å². The van der Waals surface area contributed by atoms with Crippen LogP contribution in [-0.2, 0) is 14.4 Å². The largest absolute Gasteiger partial charge is 0.399 e. The first-order valence-electron chi connectivity index (χ1n) is 6.13. The van der Waals surface area contributed by atoms with Gasteiger partial charge in [-0.05, 0) is 24.3 Å². The number of piperazine rings is 1. The van der Waals surface area contributed by atoms with Crippen LogP contribution in [0.4, 0.5) is 11.4 Å². The molecule has 1 saturated heterocycles. The SMILES string of the molecule is CN1CC(=O)N(CC(=O)Nc2ccc(N)cc2)CC1=O. The summed E-state index contributed by atoms with van der Waals surface area (Å²) < 4.78 is 0. The van der Waals surface area contributed by atoms with Gasteiger partial charge in [-0.15, -0.1) is 0 Å². The molecule has 0 unspecified atom stereocenters. The molecule has 7 heteroatoms. The van der Waals surface area contributed by atoms with Crippen molar-refractivity contribution >= 4 is 29.1 Å². The number of carbonyl (C=O) groups excluding carboxylic acids is 3. The van der Waals surface area contributed by atoms with Crippen molar-refractivity contribution in [1.82, 2.24) is 9.80 Å². The van der Waals surface area contributed by atoms with E-state index in [1.165, 1.54) is 9.80 Å². The van der Waals surface area contributed by atoms with Crippen LogP contribution in [0.25, 0.3) is 0 Å². The van der Waals surface area contributed by atoms with Gasteiger partial charge < -0.3 is 20.9 Å². The Morgan fingerprint density at radius 3 is 2.50 bits per heavy atom. The Hall–Kier alpha value is -2.57. The number of carbonyl (C=O) groups is 3. The van der Waals surface area contributed by atoms with Gasteiger partial charge in [-0.3, -0.25) is 14.4 Å². The molecule has 3 N–H and O–H groups in total. The number of nitrogens with one attached hydrogen (secondary N) is 1. The maximum atomic E-state index is 11.8. The Kier molecular flexibility index (Phi) is 3.88. The van der Waals surface area contributed by atoms with E-state index in [0.717, 1.165) is 0 Å². The molecule has 1 aromatic rings. The number of hydrogen-bond acceptors (Lipinski definition) is 4. The normalized spacial score (nSPS) is 15.4. The summed E-state index contributed by atoms with van der Waals surface area (Å²) in [6, 6.07) is 6.68. The fourth-order valence-electron chi connectivity index (χ4n) is 1.85. The zero-order chi connectivity index (χ0) is 14.7. The van der Waals surface area contributed by atoms with Gasteiger partial charge in [0.05, 0.1) is 6.54 Å². The number of likely N-dealkylation sites (N-methyl/N-ethyl adjacent to an activating group) is 1. The van der Waals surface area contributed by atoms with E-state index in [0.29, 0.717) is 11.4 Å². The number of benzene rings is 1. The number of amides is 3. The summed E-state index contributed by atoms with van der Waals surface area (Å²) in [5.74, 6) is -0.759. The molecule has 1 aliphatic heterocycles. The Morgan fingerprint density at radius 2 is 1.85 bits per heavy atom.